The van der Waals surface area contributed by atoms with Crippen LogP contribution in [0.1, 0.15) is 18.9 Å². The van der Waals surface area contributed by atoms with Crippen LogP contribution in [0, 0.1) is 5.92 Å². The van der Waals surface area contributed by atoms with Gasteiger partial charge in [-0.15, -0.1) is 0 Å². The van der Waals surface area contributed by atoms with Crippen LogP contribution in [-0.4, -0.2) is 38.9 Å². The first-order chi connectivity index (χ1) is 10.2. The second kappa shape index (κ2) is 8.00. The quantitative estimate of drug-likeness (QED) is 0.776. The Bertz CT molecular complexity index is 463. The maximum absolute atomic E-state index is 12.2. The van der Waals surface area contributed by atoms with Gasteiger partial charge in [-0.2, -0.15) is 0 Å². The zero-order valence-corrected chi connectivity index (χ0v) is 12.6. The largest absolute Gasteiger partial charge is 0.497 e. The summed E-state index contributed by atoms with van der Waals surface area (Å²) in [4.78, 5) is 12.2. The zero-order valence-electron chi connectivity index (χ0n) is 12.6. The van der Waals surface area contributed by atoms with Gasteiger partial charge in [0.15, 0.2) is 0 Å². The zero-order chi connectivity index (χ0) is 15.1. The van der Waals surface area contributed by atoms with Crippen LogP contribution >= 0.6 is 0 Å². The van der Waals surface area contributed by atoms with Crippen molar-refractivity contribution in [3.8, 4) is 5.75 Å². The van der Waals surface area contributed by atoms with Gasteiger partial charge < -0.3 is 19.5 Å². The molecule has 5 heteroatoms. The summed E-state index contributed by atoms with van der Waals surface area (Å²) in [6, 6.07) is 7.58. The van der Waals surface area contributed by atoms with Crippen molar-refractivity contribution >= 4 is 5.97 Å². The van der Waals surface area contributed by atoms with Crippen LogP contribution in [0.4, 0.5) is 0 Å². The van der Waals surface area contributed by atoms with Gasteiger partial charge in [-0.05, 0) is 30.7 Å². The van der Waals surface area contributed by atoms with E-state index in [-0.39, 0.29) is 24.5 Å². The van der Waals surface area contributed by atoms with E-state index in [0.717, 1.165) is 24.3 Å². The fraction of sp³-hybridized carbons (Fsp3) is 0.562. The Morgan fingerprint density at radius 1 is 1.43 bits per heavy atom. The van der Waals surface area contributed by atoms with Crippen LogP contribution in [0.25, 0.3) is 0 Å². The van der Waals surface area contributed by atoms with E-state index in [0.29, 0.717) is 13.2 Å². The number of carbonyl (C=O) groups excluding carboxylic acids is 1. The number of ether oxygens (including phenoxy) is 3. The molecule has 0 radical (unpaired) electrons. The third-order valence-electron chi connectivity index (χ3n) is 3.56. The molecule has 2 rings (SSSR count). The van der Waals surface area contributed by atoms with Gasteiger partial charge in [-0.1, -0.05) is 19.1 Å². The highest BCUT2D eigenvalue weighted by atomic mass is 16.5. The minimum atomic E-state index is -0.220. The molecule has 0 amide bonds. The van der Waals surface area contributed by atoms with E-state index in [1.165, 1.54) is 0 Å². The number of benzene rings is 1. The number of esters is 1. The van der Waals surface area contributed by atoms with Crippen molar-refractivity contribution < 1.29 is 19.0 Å². The van der Waals surface area contributed by atoms with Crippen molar-refractivity contribution in [3.05, 3.63) is 29.8 Å². The lowest BCUT2D eigenvalue weighted by atomic mass is 10.0. The summed E-state index contributed by atoms with van der Waals surface area (Å²) in [7, 11) is 1.62. The Labute approximate surface area is 125 Å². The standard InChI is InChI=1S/C16H23NO4/c1-3-7-17-15-11-20-10-14(15)16(18)21-9-12-5-4-6-13(8-12)19-2/h4-6,8,14-15,17H,3,7,9-11H2,1-2H3. The molecule has 1 aliphatic heterocycles. The van der Waals surface area contributed by atoms with Gasteiger partial charge in [0.2, 0.25) is 0 Å². The molecule has 1 aromatic rings. The van der Waals surface area contributed by atoms with Gasteiger partial charge in [0, 0.05) is 6.04 Å². The maximum atomic E-state index is 12.2. The molecular formula is C16H23NO4. The fourth-order valence-corrected chi connectivity index (χ4v) is 2.34. The van der Waals surface area contributed by atoms with Gasteiger partial charge in [-0.25, -0.2) is 0 Å². The third kappa shape index (κ3) is 4.44. The van der Waals surface area contributed by atoms with Crippen molar-refractivity contribution in [2.45, 2.75) is 26.0 Å². The molecule has 2 unspecified atom stereocenters. The van der Waals surface area contributed by atoms with E-state index in [1.54, 1.807) is 7.11 Å². The number of methoxy groups -OCH3 is 1. The van der Waals surface area contributed by atoms with E-state index in [9.17, 15) is 4.79 Å². The van der Waals surface area contributed by atoms with Gasteiger partial charge >= 0.3 is 5.97 Å². The number of hydrogen-bond donors (Lipinski definition) is 1. The first-order valence-corrected chi connectivity index (χ1v) is 7.35. The van der Waals surface area contributed by atoms with Crippen LogP contribution in [0.5, 0.6) is 5.75 Å². The SMILES string of the molecule is CCCNC1COCC1C(=O)OCc1cccc(OC)c1. The summed E-state index contributed by atoms with van der Waals surface area (Å²) in [5, 5.41) is 3.33. The summed E-state index contributed by atoms with van der Waals surface area (Å²) >= 11 is 0. The third-order valence-corrected chi connectivity index (χ3v) is 3.56. The highest BCUT2D eigenvalue weighted by molar-refractivity contribution is 5.73. The lowest BCUT2D eigenvalue weighted by Crippen LogP contribution is -2.40. The van der Waals surface area contributed by atoms with Crippen molar-refractivity contribution in [1.82, 2.24) is 5.32 Å². The second-order valence-corrected chi connectivity index (χ2v) is 5.16. The first kappa shape index (κ1) is 15.8. The molecule has 1 aromatic carbocycles. The van der Waals surface area contributed by atoms with Crippen molar-refractivity contribution in [1.29, 1.82) is 0 Å². The minimum absolute atomic E-state index is 0.0581. The van der Waals surface area contributed by atoms with Gasteiger partial charge in [-0.3, -0.25) is 4.79 Å². The fourth-order valence-electron chi connectivity index (χ4n) is 2.34. The summed E-state index contributed by atoms with van der Waals surface area (Å²) < 4.78 is 16.0. The van der Waals surface area contributed by atoms with Gasteiger partial charge in [0.1, 0.15) is 12.4 Å². The molecule has 1 N–H and O–H groups in total. The van der Waals surface area contributed by atoms with Crippen LogP contribution in [-0.2, 0) is 20.9 Å². The molecule has 1 fully saturated rings. The average molecular weight is 293 g/mol. The number of rotatable bonds is 7. The van der Waals surface area contributed by atoms with Gasteiger partial charge in [0.05, 0.1) is 26.2 Å². The Hall–Kier alpha value is -1.59. The van der Waals surface area contributed by atoms with E-state index in [2.05, 4.69) is 12.2 Å². The monoisotopic (exact) mass is 293 g/mol. The maximum Gasteiger partial charge on any atom is 0.313 e. The van der Waals surface area contributed by atoms with Crippen molar-refractivity contribution in [3.63, 3.8) is 0 Å². The number of carbonyl (C=O) groups is 1. The first-order valence-electron chi connectivity index (χ1n) is 7.35. The minimum Gasteiger partial charge on any atom is -0.497 e. The van der Waals surface area contributed by atoms with E-state index in [1.807, 2.05) is 24.3 Å². The average Bonchev–Trinajstić information content (AvgIpc) is 2.99. The van der Waals surface area contributed by atoms with Crippen LogP contribution in [0.15, 0.2) is 24.3 Å². The van der Waals surface area contributed by atoms with Gasteiger partial charge in [0.25, 0.3) is 0 Å². The molecule has 0 aromatic heterocycles. The Balaban J connectivity index is 1.85. The second-order valence-electron chi connectivity index (χ2n) is 5.16. The van der Waals surface area contributed by atoms with E-state index < -0.39 is 0 Å². The smallest absolute Gasteiger partial charge is 0.313 e. The highest BCUT2D eigenvalue weighted by Gasteiger charge is 2.34. The molecule has 116 valence electrons. The molecule has 5 nitrogen and oxygen atoms in total. The Morgan fingerprint density at radius 3 is 3.05 bits per heavy atom. The normalized spacial score (nSPS) is 21.2. The molecule has 1 heterocycles. The predicted octanol–water partition coefficient (Wildman–Crippen LogP) is 1.75. The lowest BCUT2D eigenvalue weighted by molar-refractivity contribution is -0.150. The highest BCUT2D eigenvalue weighted by Crippen LogP contribution is 2.18. The van der Waals surface area contributed by atoms with E-state index >= 15 is 0 Å². The molecule has 1 saturated heterocycles. The summed E-state index contributed by atoms with van der Waals surface area (Å²) in [5.41, 5.74) is 0.916. The molecule has 21 heavy (non-hydrogen) atoms. The molecule has 1 aliphatic rings. The summed E-state index contributed by atoms with van der Waals surface area (Å²) in [6.07, 6.45) is 1.03. The van der Waals surface area contributed by atoms with Crippen LogP contribution in [0.2, 0.25) is 0 Å². The predicted molar refractivity (Wildman–Crippen MR) is 79.2 cm³/mol. The van der Waals surface area contributed by atoms with Crippen molar-refractivity contribution in [2.24, 2.45) is 5.92 Å². The summed E-state index contributed by atoms with van der Waals surface area (Å²) in [6.45, 7) is 4.23. The molecular weight excluding hydrogens is 270 g/mol. The van der Waals surface area contributed by atoms with Crippen LogP contribution in [0.3, 0.4) is 0 Å². The lowest BCUT2D eigenvalue weighted by Gasteiger charge is -2.17. The van der Waals surface area contributed by atoms with Crippen LogP contribution < -0.4 is 10.1 Å². The number of hydrogen-bond acceptors (Lipinski definition) is 5. The number of nitrogens with one attached hydrogen (secondary N) is 1. The molecule has 0 spiro atoms. The Kier molecular flexibility index (Phi) is 6.02. The molecule has 2 atom stereocenters. The van der Waals surface area contributed by atoms with E-state index in [4.69, 9.17) is 14.2 Å². The molecule has 0 saturated carbocycles. The Morgan fingerprint density at radius 2 is 2.29 bits per heavy atom. The topological polar surface area (TPSA) is 56.8 Å². The van der Waals surface area contributed by atoms with Crippen molar-refractivity contribution in [2.75, 3.05) is 26.9 Å². The molecule has 0 aliphatic carbocycles. The molecule has 0 bridgehead atoms. The summed E-state index contributed by atoms with van der Waals surface area (Å²) in [5.74, 6) is 0.335.